The Morgan fingerprint density at radius 2 is 2.00 bits per heavy atom. The zero-order chi connectivity index (χ0) is 17.1. The number of amides is 1. The number of nitrogens with zero attached hydrogens (tertiary/aromatic N) is 2. The highest BCUT2D eigenvalue weighted by molar-refractivity contribution is 6.09. The fourth-order valence-electron chi connectivity index (χ4n) is 2.83. The van der Waals surface area contributed by atoms with Gasteiger partial charge in [-0.1, -0.05) is 18.2 Å². The summed E-state index contributed by atoms with van der Waals surface area (Å²) in [6, 6.07) is 6.75. The van der Waals surface area contributed by atoms with E-state index in [2.05, 4.69) is 15.3 Å². The van der Waals surface area contributed by atoms with Gasteiger partial charge in [0.05, 0.1) is 17.7 Å². The Morgan fingerprint density at radius 3 is 2.75 bits per heavy atom. The first-order chi connectivity index (χ1) is 11.4. The summed E-state index contributed by atoms with van der Waals surface area (Å²) in [5.74, 6) is -1.75. The Balaban J connectivity index is 1.98. The topological polar surface area (TPSA) is 90.1 Å². The molecule has 0 saturated carbocycles. The van der Waals surface area contributed by atoms with E-state index in [4.69, 9.17) is 10.5 Å². The zero-order valence-electron chi connectivity index (χ0n) is 11.9. The van der Waals surface area contributed by atoms with Crippen molar-refractivity contribution in [2.45, 2.75) is 12.1 Å². The summed E-state index contributed by atoms with van der Waals surface area (Å²) in [6.07, 6.45) is -4.09. The number of nitrogens with one attached hydrogen (secondary N) is 1. The highest BCUT2D eigenvalue weighted by atomic mass is 19.4. The van der Waals surface area contributed by atoms with Crippen LogP contribution in [-0.4, -0.2) is 15.9 Å². The first kappa shape index (κ1) is 14.5. The summed E-state index contributed by atoms with van der Waals surface area (Å²) in [6.45, 7) is 0. The molecule has 0 unspecified atom stereocenters. The zero-order valence-corrected chi connectivity index (χ0v) is 11.9. The Morgan fingerprint density at radius 1 is 1.25 bits per heavy atom. The number of hydrogen-bond donors (Lipinski definition) is 2. The van der Waals surface area contributed by atoms with E-state index in [9.17, 15) is 18.0 Å². The van der Waals surface area contributed by atoms with Gasteiger partial charge in [0.1, 0.15) is 5.69 Å². The molecule has 0 aliphatic carbocycles. The molecule has 1 amide bonds. The standard InChI is InChI=1S/C15H9F3N4O2/c16-15(17,18)8-5-20-14-11(22-8)9-6-3-1-2-4-7(6)21-13(23)10(9)12(19)24-14/h1-5,9H,19H2,(H,21,23)/t9-/m0/s1. The highest BCUT2D eigenvalue weighted by Gasteiger charge is 2.43. The van der Waals surface area contributed by atoms with Crippen LogP contribution in [-0.2, 0) is 11.0 Å². The number of anilines is 1. The molecule has 6 nitrogen and oxygen atoms in total. The van der Waals surface area contributed by atoms with Crippen LogP contribution in [0, 0.1) is 0 Å². The molecule has 2 aliphatic rings. The van der Waals surface area contributed by atoms with Crippen LogP contribution in [0.25, 0.3) is 0 Å². The maximum atomic E-state index is 13.0. The van der Waals surface area contributed by atoms with E-state index >= 15 is 0 Å². The molecule has 0 spiro atoms. The molecule has 24 heavy (non-hydrogen) atoms. The molecule has 2 aromatic rings. The van der Waals surface area contributed by atoms with Crippen molar-refractivity contribution in [3.8, 4) is 5.88 Å². The van der Waals surface area contributed by atoms with Gasteiger partial charge in [-0.05, 0) is 11.6 Å². The first-order valence-corrected chi connectivity index (χ1v) is 6.88. The summed E-state index contributed by atoms with van der Waals surface area (Å²) in [7, 11) is 0. The van der Waals surface area contributed by atoms with Crippen molar-refractivity contribution >= 4 is 11.6 Å². The number of alkyl halides is 3. The van der Waals surface area contributed by atoms with Crippen LogP contribution in [0.4, 0.5) is 18.9 Å². The van der Waals surface area contributed by atoms with Crippen LogP contribution in [0.5, 0.6) is 5.88 Å². The van der Waals surface area contributed by atoms with Gasteiger partial charge in [-0.25, -0.2) is 9.97 Å². The molecule has 2 aliphatic heterocycles. The lowest BCUT2D eigenvalue weighted by atomic mass is 9.83. The maximum Gasteiger partial charge on any atom is 0.434 e. The van der Waals surface area contributed by atoms with E-state index in [1.54, 1.807) is 24.3 Å². The fourth-order valence-corrected chi connectivity index (χ4v) is 2.83. The van der Waals surface area contributed by atoms with Crippen LogP contribution < -0.4 is 15.8 Å². The minimum Gasteiger partial charge on any atom is -0.421 e. The van der Waals surface area contributed by atoms with Crippen LogP contribution in [0.15, 0.2) is 41.9 Å². The lowest BCUT2D eigenvalue weighted by molar-refractivity contribution is -0.141. The smallest absolute Gasteiger partial charge is 0.421 e. The number of ether oxygens (including phenoxy) is 1. The average molecular weight is 334 g/mol. The second-order valence-electron chi connectivity index (χ2n) is 5.30. The number of benzene rings is 1. The second kappa shape index (κ2) is 4.70. The molecule has 0 saturated heterocycles. The van der Waals surface area contributed by atoms with Gasteiger partial charge in [-0.15, -0.1) is 0 Å². The summed E-state index contributed by atoms with van der Waals surface area (Å²) < 4.78 is 44.1. The largest absolute Gasteiger partial charge is 0.434 e. The minimum atomic E-state index is -4.66. The predicted octanol–water partition coefficient (Wildman–Crippen LogP) is 2.14. The molecule has 0 fully saturated rings. The molecule has 1 aromatic carbocycles. The number of hydrogen-bond acceptors (Lipinski definition) is 5. The minimum absolute atomic E-state index is 0.0230. The number of para-hydroxylation sites is 1. The van der Waals surface area contributed by atoms with Gasteiger partial charge in [0.25, 0.3) is 5.91 Å². The molecule has 3 heterocycles. The van der Waals surface area contributed by atoms with Crippen molar-refractivity contribution in [3.05, 3.63) is 58.9 Å². The van der Waals surface area contributed by atoms with Crippen LogP contribution in [0.1, 0.15) is 22.9 Å². The molecule has 1 aromatic heterocycles. The van der Waals surface area contributed by atoms with Gasteiger partial charge in [-0.3, -0.25) is 4.79 Å². The Labute approximate surface area is 133 Å². The van der Waals surface area contributed by atoms with Gasteiger partial charge in [-0.2, -0.15) is 13.2 Å². The molecule has 0 radical (unpaired) electrons. The third kappa shape index (κ3) is 2.01. The second-order valence-corrected chi connectivity index (χ2v) is 5.30. The van der Waals surface area contributed by atoms with Crippen LogP contribution >= 0.6 is 0 Å². The van der Waals surface area contributed by atoms with E-state index in [1.165, 1.54) is 0 Å². The quantitative estimate of drug-likeness (QED) is 0.770. The van der Waals surface area contributed by atoms with Gasteiger partial charge in [0.15, 0.2) is 5.69 Å². The number of halogens is 3. The van der Waals surface area contributed by atoms with Crippen molar-refractivity contribution in [1.29, 1.82) is 0 Å². The van der Waals surface area contributed by atoms with Gasteiger partial charge in [0, 0.05) is 5.69 Å². The normalized spacial score (nSPS) is 19.0. The monoisotopic (exact) mass is 334 g/mol. The molecule has 4 rings (SSSR count). The van der Waals surface area contributed by atoms with Crippen molar-refractivity contribution < 1.29 is 22.7 Å². The molecule has 9 heteroatoms. The maximum absolute atomic E-state index is 13.0. The molecule has 3 N–H and O–H groups in total. The van der Waals surface area contributed by atoms with Crippen molar-refractivity contribution in [3.63, 3.8) is 0 Å². The number of carbonyl (C=O) groups excluding carboxylic acids is 1. The van der Waals surface area contributed by atoms with Crippen molar-refractivity contribution in [1.82, 2.24) is 9.97 Å². The SMILES string of the molecule is NC1=C2C(=O)Nc3ccccc3[C@@H]2c2nc(C(F)(F)F)cnc2O1. The lowest BCUT2D eigenvalue weighted by Gasteiger charge is -2.32. The Kier molecular flexibility index (Phi) is 2.84. The van der Waals surface area contributed by atoms with Crippen molar-refractivity contribution in [2.24, 2.45) is 5.73 Å². The van der Waals surface area contributed by atoms with Gasteiger partial charge < -0.3 is 15.8 Å². The van der Waals surface area contributed by atoms with Gasteiger partial charge >= 0.3 is 6.18 Å². The predicted molar refractivity (Wildman–Crippen MR) is 75.8 cm³/mol. The van der Waals surface area contributed by atoms with E-state index in [-0.39, 0.29) is 23.0 Å². The first-order valence-electron chi connectivity index (χ1n) is 6.88. The molecular formula is C15H9F3N4O2. The number of carbonyl (C=O) groups is 1. The van der Waals surface area contributed by atoms with E-state index in [1.807, 2.05) is 0 Å². The third-order valence-electron chi connectivity index (χ3n) is 3.85. The third-order valence-corrected chi connectivity index (χ3v) is 3.85. The van der Waals surface area contributed by atoms with E-state index in [0.29, 0.717) is 17.4 Å². The Hall–Kier alpha value is -3.10. The summed E-state index contributed by atoms with van der Waals surface area (Å²) in [5.41, 5.74) is 5.62. The number of rotatable bonds is 0. The van der Waals surface area contributed by atoms with Gasteiger partial charge in [0.2, 0.25) is 11.8 Å². The molecule has 0 bridgehead atoms. The molecular weight excluding hydrogens is 325 g/mol. The van der Waals surface area contributed by atoms with E-state index in [0.717, 1.165) is 0 Å². The van der Waals surface area contributed by atoms with Crippen LogP contribution in [0.2, 0.25) is 0 Å². The summed E-state index contributed by atoms with van der Waals surface area (Å²) in [4.78, 5) is 19.6. The molecule has 122 valence electrons. The highest BCUT2D eigenvalue weighted by Crippen LogP contribution is 2.46. The Bertz CT molecular complexity index is 908. The summed E-state index contributed by atoms with van der Waals surface area (Å²) >= 11 is 0. The number of aromatic nitrogens is 2. The lowest BCUT2D eigenvalue weighted by Crippen LogP contribution is -2.34. The number of fused-ring (bicyclic) bond motifs is 5. The number of nitrogens with two attached hydrogens (primary N) is 1. The average Bonchev–Trinajstić information content (AvgIpc) is 2.53. The summed E-state index contributed by atoms with van der Waals surface area (Å²) in [5, 5.41) is 2.64. The fraction of sp³-hybridized carbons (Fsp3) is 0.133. The van der Waals surface area contributed by atoms with Crippen LogP contribution in [0.3, 0.4) is 0 Å². The molecule has 1 atom stereocenters. The van der Waals surface area contributed by atoms with E-state index < -0.39 is 23.7 Å². The van der Waals surface area contributed by atoms with Crippen molar-refractivity contribution in [2.75, 3.05) is 5.32 Å².